The van der Waals surface area contributed by atoms with Crippen molar-refractivity contribution < 1.29 is 23.9 Å². The fourth-order valence-electron chi connectivity index (χ4n) is 3.00. The Morgan fingerprint density at radius 1 is 0.914 bits per heavy atom. The van der Waals surface area contributed by atoms with Crippen LogP contribution in [0.15, 0.2) is 77.9 Å². The lowest BCUT2D eigenvalue weighted by molar-refractivity contribution is -0.136. The summed E-state index contributed by atoms with van der Waals surface area (Å²) in [5.74, 6) is -1.39. The predicted molar refractivity (Wildman–Crippen MR) is 136 cm³/mol. The van der Waals surface area contributed by atoms with Crippen molar-refractivity contribution in [2.24, 2.45) is 5.10 Å². The molecular formula is C25H18ClN3O5S. The lowest BCUT2D eigenvalue weighted by Crippen LogP contribution is -2.32. The standard InChI is InChI=1S/C25H18ClN3O5S/c1-33-17-12-8-16(9-13-17)28-23(30)24(31)29-27-14-15-6-10-18(11-7-15)34-25(32)22-21(26)19-4-2-3-5-20(19)35-22/h2-14H,1H3,(H,28,30)(H,29,31)/b27-14+. The van der Waals surface area contributed by atoms with Gasteiger partial charge in [0.15, 0.2) is 0 Å². The number of carbonyl (C=O) groups is 3. The molecule has 0 atom stereocenters. The molecule has 2 N–H and O–H groups in total. The van der Waals surface area contributed by atoms with Crippen molar-refractivity contribution in [3.63, 3.8) is 0 Å². The van der Waals surface area contributed by atoms with Gasteiger partial charge < -0.3 is 14.8 Å². The Hall–Kier alpha value is -4.21. The second-order valence-corrected chi connectivity index (χ2v) is 8.51. The number of hydrogen-bond acceptors (Lipinski definition) is 7. The number of benzene rings is 3. The Bertz CT molecular complexity index is 1420. The van der Waals surface area contributed by atoms with Crippen LogP contribution in [0.1, 0.15) is 15.2 Å². The van der Waals surface area contributed by atoms with Crippen LogP contribution < -0.4 is 20.2 Å². The average Bonchev–Trinajstić information content (AvgIpc) is 3.22. The number of nitrogens with one attached hydrogen (secondary N) is 2. The van der Waals surface area contributed by atoms with Gasteiger partial charge in [-0.2, -0.15) is 5.10 Å². The topological polar surface area (TPSA) is 106 Å². The molecular weight excluding hydrogens is 490 g/mol. The summed E-state index contributed by atoms with van der Waals surface area (Å²) in [6.07, 6.45) is 1.35. The summed E-state index contributed by atoms with van der Waals surface area (Å²) in [7, 11) is 1.53. The van der Waals surface area contributed by atoms with E-state index < -0.39 is 17.8 Å². The summed E-state index contributed by atoms with van der Waals surface area (Å²) in [4.78, 5) is 36.8. The minimum Gasteiger partial charge on any atom is -0.497 e. The van der Waals surface area contributed by atoms with E-state index in [0.29, 0.717) is 32.6 Å². The lowest BCUT2D eigenvalue weighted by atomic mass is 10.2. The van der Waals surface area contributed by atoms with E-state index in [-0.39, 0.29) is 0 Å². The van der Waals surface area contributed by atoms with Gasteiger partial charge in [-0.3, -0.25) is 9.59 Å². The zero-order chi connectivity index (χ0) is 24.8. The van der Waals surface area contributed by atoms with Gasteiger partial charge in [0.05, 0.1) is 18.3 Å². The number of ether oxygens (including phenoxy) is 2. The van der Waals surface area contributed by atoms with Gasteiger partial charge in [0.25, 0.3) is 0 Å². The third kappa shape index (κ3) is 5.84. The van der Waals surface area contributed by atoms with Crippen molar-refractivity contribution in [2.75, 3.05) is 12.4 Å². The highest BCUT2D eigenvalue weighted by Crippen LogP contribution is 2.35. The molecule has 0 spiro atoms. The molecule has 0 fully saturated rings. The third-order valence-corrected chi connectivity index (χ3v) is 6.40. The van der Waals surface area contributed by atoms with Gasteiger partial charge >= 0.3 is 17.8 Å². The number of amides is 2. The molecule has 0 unspecified atom stereocenters. The number of nitrogens with zero attached hydrogens (tertiary/aromatic N) is 1. The van der Waals surface area contributed by atoms with Crippen LogP contribution in [0, 0.1) is 0 Å². The van der Waals surface area contributed by atoms with Crippen LogP contribution in [0.2, 0.25) is 5.02 Å². The summed E-state index contributed by atoms with van der Waals surface area (Å²) in [5, 5.41) is 7.40. The van der Waals surface area contributed by atoms with E-state index in [1.807, 2.05) is 24.3 Å². The highest BCUT2D eigenvalue weighted by atomic mass is 35.5. The first-order valence-corrected chi connectivity index (χ1v) is 11.4. The number of anilines is 1. The number of halogens is 1. The van der Waals surface area contributed by atoms with Crippen molar-refractivity contribution in [3.05, 3.63) is 88.3 Å². The Balaban J connectivity index is 1.30. The molecule has 0 aliphatic carbocycles. The smallest absolute Gasteiger partial charge is 0.355 e. The van der Waals surface area contributed by atoms with Crippen LogP contribution in [-0.2, 0) is 9.59 Å². The lowest BCUT2D eigenvalue weighted by Gasteiger charge is -2.05. The van der Waals surface area contributed by atoms with Crippen molar-refractivity contribution in [2.45, 2.75) is 0 Å². The Labute approximate surface area is 209 Å². The quantitative estimate of drug-likeness (QED) is 0.127. The molecule has 3 aromatic carbocycles. The van der Waals surface area contributed by atoms with Crippen molar-refractivity contribution in [3.8, 4) is 11.5 Å². The van der Waals surface area contributed by atoms with Crippen LogP contribution in [-0.4, -0.2) is 31.1 Å². The van der Waals surface area contributed by atoms with E-state index in [1.54, 1.807) is 48.5 Å². The van der Waals surface area contributed by atoms with Gasteiger partial charge in [-0.05, 0) is 60.2 Å². The molecule has 2 amide bonds. The predicted octanol–water partition coefficient (Wildman–Crippen LogP) is 4.87. The van der Waals surface area contributed by atoms with E-state index >= 15 is 0 Å². The minimum absolute atomic E-state index is 0.323. The molecule has 0 radical (unpaired) electrons. The van der Waals surface area contributed by atoms with E-state index in [2.05, 4.69) is 15.8 Å². The molecule has 8 nitrogen and oxygen atoms in total. The highest BCUT2D eigenvalue weighted by Gasteiger charge is 2.19. The van der Waals surface area contributed by atoms with Crippen molar-refractivity contribution in [1.82, 2.24) is 5.43 Å². The second-order valence-electron chi connectivity index (χ2n) is 7.08. The molecule has 1 heterocycles. The zero-order valence-corrected chi connectivity index (χ0v) is 19.9. The maximum Gasteiger partial charge on any atom is 0.355 e. The summed E-state index contributed by atoms with van der Waals surface area (Å²) in [6, 6.07) is 20.4. The van der Waals surface area contributed by atoms with Crippen LogP contribution in [0.25, 0.3) is 10.1 Å². The van der Waals surface area contributed by atoms with E-state index in [4.69, 9.17) is 21.1 Å². The molecule has 0 saturated heterocycles. The summed E-state index contributed by atoms with van der Waals surface area (Å²) in [6.45, 7) is 0. The molecule has 35 heavy (non-hydrogen) atoms. The zero-order valence-electron chi connectivity index (χ0n) is 18.3. The molecule has 1 aromatic heterocycles. The first-order valence-electron chi connectivity index (χ1n) is 10.2. The largest absolute Gasteiger partial charge is 0.497 e. The SMILES string of the molecule is COc1ccc(NC(=O)C(=O)N/N=C/c2ccc(OC(=O)c3sc4ccccc4c3Cl)cc2)cc1. The Kier molecular flexibility index (Phi) is 7.39. The Morgan fingerprint density at radius 2 is 1.60 bits per heavy atom. The molecule has 4 rings (SSSR count). The summed E-state index contributed by atoms with van der Waals surface area (Å²) >= 11 is 7.60. The molecule has 176 valence electrons. The normalized spacial score (nSPS) is 10.8. The first kappa shape index (κ1) is 23.9. The number of hydrogen-bond donors (Lipinski definition) is 2. The van der Waals surface area contributed by atoms with Crippen molar-refractivity contribution in [1.29, 1.82) is 0 Å². The molecule has 4 aromatic rings. The minimum atomic E-state index is -0.928. The van der Waals surface area contributed by atoms with Gasteiger partial charge in [0.2, 0.25) is 0 Å². The molecule has 10 heteroatoms. The first-order chi connectivity index (χ1) is 16.9. The van der Waals surface area contributed by atoms with Gasteiger partial charge in [-0.1, -0.05) is 29.8 Å². The van der Waals surface area contributed by atoms with Crippen LogP contribution in [0.3, 0.4) is 0 Å². The molecule has 0 bridgehead atoms. The fourth-order valence-corrected chi connectivity index (χ4v) is 4.38. The maximum absolute atomic E-state index is 12.5. The number of esters is 1. The number of methoxy groups -OCH3 is 1. The number of hydrazone groups is 1. The van der Waals surface area contributed by atoms with Crippen molar-refractivity contribution >= 4 is 62.7 Å². The van der Waals surface area contributed by atoms with Gasteiger partial charge in [-0.15, -0.1) is 11.3 Å². The van der Waals surface area contributed by atoms with Gasteiger partial charge in [0.1, 0.15) is 16.4 Å². The maximum atomic E-state index is 12.5. The van der Waals surface area contributed by atoms with Gasteiger partial charge in [-0.25, -0.2) is 10.2 Å². The Morgan fingerprint density at radius 3 is 2.29 bits per heavy atom. The van der Waals surface area contributed by atoms with E-state index in [1.165, 1.54) is 24.7 Å². The number of fused-ring (bicyclic) bond motifs is 1. The van der Waals surface area contributed by atoms with Crippen LogP contribution in [0.5, 0.6) is 11.5 Å². The monoisotopic (exact) mass is 507 g/mol. The third-order valence-electron chi connectivity index (χ3n) is 4.74. The number of carbonyl (C=O) groups excluding carboxylic acids is 3. The van der Waals surface area contributed by atoms with Gasteiger partial charge in [0, 0.05) is 15.8 Å². The van der Waals surface area contributed by atoms with E-state index in [9.17, 15) is 14.4 Å². The van der Waals surface area contributed by atoms with E-state index in [0.717, 1.165) is 10.1 Å². The fraction of sp³-hybridized carbons (Fsp3) is 0.0400. The summed E-state index contributed by atoms with van der Waals surface area (Å²) in [5.41, 5.74) is 3.21. The number of rotatable bonds is 6. The second kappa shape index (κ2) is 10.8. The number of thiophene rings is 1. The molecule has 0 saturated carbocycles. The van der Waals surface area contributed by atoms with Crippen LogP contribution in [0.4, 0.5) is 5.69 Å². The van der Waals surface area contributed by atoms with Crippen LogP contribution >= 0.6 is 22.9 Å². The summed E-state index contributed by atoms with van der Waals surface area (Å²) < 4.78 is 11.4. The molecule has 0 aliphatic heterocycles. The average molecular weight is 508 g/mol. The highest BCUT2D eigenvalue weighted by molar-refractivity contribution is 7.21. The molecule has 0 aliphatic rings.